The maximum absolute atomic E-state index is 14.3. The zero-order valence-corrected chi connectivity index (χ0v) is 44.5. The third kappa shape index (κ3) is 15.5. The van der Waals surface area contributed by atoms with Crippen LogP contribution in [0.1, 0.15) is 118 Å². The summed E-state index contributed by atoms with van der Waals surface area (Å²) in [5, 5.41) is 15.4. The molecule has 4 aromatic rings. The highest BCUT2D eigenvalue weighted by molar-refractivity contribution is 7.20. The summed E-state index contributed by atoms with van der Waals surface area (Å²) in [5.41, 5.74) is 3.42. The third-order valence-electron chi connectivity index (χ3n) is 14.8. The highest BCUT2D eigenvalue weighted by Crippen LogP contribution is 2.41. The molecule has 2 aromatic heterocycles. The van der Waals surface area contributed by atoms with Crippen molar-refractivity contribution in [3.05, 3.63) is 95.3 Å². The van der Waals surface area contributed by atoms with E-state index < -0.39 is 36.1 Å². The number of nitrogens with zero attached hydrogens (tertiary/aromatic N) is 4. The second-order valence-corrected chi connectivity index (χ2v) is 21.1. The van der Waals surface area contributed by atoms with E-state index in [0.29, 0.717) is 67.2 Å². The number of aromatic nitrogens is 2. The van der Waals surface area contributed by atoms with Crippen LogP contribution in [0.4, 0.5) is 23.3 Å². The lowest BCUT2D eigenvalue weighted by Crippen LogP contribution is -2.57. The van der Waals surface area contributed by atoms with Crippen molar-refractivity contribution in [2.45, 2.75) is 128 Å². The Morgan fingerprint density at radius 3 is 2.36 bits per heavy atom. The number of ether oxygens (including phenoxy) is 1. The van der Waals surface area contributed by atoms with E-state index in [-0.39, 0.29) is 84.4 Å². The molecule has 76 heavy (non-hydrogen) atoms. The van der Waals surface area contributed by atoms with Crippen molar-refractivity contribution in [1.29, 1.82) is 0 Å². The number of thiazole rings is 1. The monoisotopic (exact) mass is 1070 g/mol. The van der Waals surface area contributed by atoms with E-state index in [0.717, 1.165) is 60.1 Å². The molecule has 20 heteroatoms. The average molecular weight is 1070 g/mol. The number of anilines is 2. The van der Waals surface area contributed by atoms with E-state index in [1.54, 1.807) is 49.0 Å². The quantitative estimate of drug-likeness (QED) is 0.0538. The molecule has 7 rings (SSSR count). The molecule has 5 N–H and O–H groups in total. The van der Waals surface area contributed by atoms with Gasteiger partial charge in [0.05, 0.1) is 31.7 Å². The van der Waals surface area contributed by atoms with Gasteiger partial charge in [-0.3, -0.25) is 28.8 Å². The molecule has 0 bridgehead atoms. The van der Waals surface area contributed by atoms with Crippen molar-refractivity contribution in [2.75, 3.05) is 44.9 Å². The summed E-state index contributed by atoms with van der Waals surface area (Å²) in [4.78, 5) is 93.5. The predicted octanol–water partition coefficient (Wildman–Crippen LogP) is 8.55. The van der Waals surface area contributed by atoms with Crippen molar-refractivity contribution < 1.29 is 46.7 Å². The van der Waals surface area contributed by atoms with E-state index in [4.69, 9.17) is 9.72 Å². The second-order valence-electron chi connectivity index (χ2n) is 20.1. The summed E-state index contributed by atoms with van der Waals surface area (Å²) >= 11 is 1.12. The summed E-state index contributed by atoms with van der Waals surface area (Å²) in [6.07, 6.45) is 8.26. The van der Waals surface area contributed by atoms with E-state index in [2.05, 4.69) is 31.6 Å². The van der Waals surface area contributed by atoms with E-state index in [1.807, 2.05) is 54.6 Å². The number of benzene rings is 2. The molecule has 3 heterocycles. The number of methoxy groups -OCH3 is 1. The molecular weight excluding hydrogens is 1000 g/mol. The summed E-state index contributed by atoms with van der Waals surface area (Å²) in [6.45, 7) is 2.60. The molecule has 3 fully saturated rings. The number of likely N-dealkylation sites (N-methyl/N-ethyl adjacent to an activating group) is 2. The van der Waals surface area contributed by atoms with Crippen molar-refractivity contribution in [2.24, 2.45) is 17.8 Å². The number of alkyl halides is 3. The van der Waals surface area contributed by atoms with Crippen LogP contribution < -0.4 is 31.3 Å². The zero-order valence-electron chi connectivity index (χ0n) is 43.7. The number of amides is 6. The molecule has 2 aromatic carbocycles. The van der Waals surface area contributed by atoms with E-state index in [1.165, 1.54) is 13.3 Å². The molecule has 1 saturated heterocycles. The Kier molecular flexibility index (Phi) is 20.2. The van der Waals surface area contributed by atoms with Gasteiger partial charge >= 0.3 is 6.18 Å². The minimum absolute atomic E-state index is 0.0125. The van der Waals surface area contributed by atoms with Crippen LogP contribution in [-0.4, -0.2) is 114 Å². The van der Waals surface area contributed by atoms with Crippen LogP contribution in [0.25, 0.3) is 17.3 Å². The van der Waals surface area contributed by atoms with Gasteiger partial charge in [0.1, 0.15) is 34.2 Å². The molecule has 2 unspecified atom stereocenters. The molecule has 0 spiro atoms. The number of carbonyl (C=O) groups excluding carboxylic acids is 6. The zero-order chi connectivity index (χ0) is 54.4. The molecular formula is C56H70F3N9O7S. The van der Waals surface area contributed by atoms with Gasteiger partial charge in [-0.25, -0.2) is 9.97 Å². The molecule has 2 saturated carbocycles. The first-order valence-corrected chi connectivity index (χ1v) is 27.2. The van der Waals surface area contributed by atoms with Crippen molar-refractivity contribution >= 4 is 63.0 Å². The van der Waals surface area contributed by atoms with Gasteiger partial charge in [-0.1, -0.05) is 97.3 Å². The largest absolute Gasteiger partial charge is 0.495 e. The average Bonchev–Trinajstić information content (AvgIpc) is 4.09. The van der Waals surface area contributed by atoms with E-state index in [9.17, 15) is 41.9 Å². The maximum atomic E-state index is 14.3. The Bertz CT molecular complexity index is 2690. The smallest absolute Gasteiger partial charge is 0.391 e. The highest BCUT2D eigenvalue weighted by Gasteiger charge is 2.42. The Hall–Kier alpha value is -6.67. The van der Waals surface area contributed by atoms with Crippen molar-refractivity contribution in [1.82, 2.24) is 35.7 Å². The summed E-state index contributed by atoms with van der Waals surface area (Å²) in [6, 6.07) is 16.2. The number of hydrogen-bond acceptors (Lipinski definition) is 11. The van der Waals surface area contributed by atoms with Crippen LogP contribution >= 0.6 is 11.3 Å². The normalized spacial score (nSPS) is 18.9. The van der Waals surface area contributed by atoms with Crippen LogP contribution in [0.15, 0.2) is 72.9 Å². The van der Waals surface area contributed by atoms with Gasteiger partial charge in [-0.05, 0) is 101 Å². The SMILES string of the molecule is CNC(C)C(=O)NC(C(=O)N1CCC[C@H]1C(=O)Nc1sc(NC(=O)CCCN(C)C(=O)Cc2cccc(CNC(=O)c3cc(/C=C/[C@H]4CC[C@H](C(F)(F)F)CC4)c(OC)cn3)c2)nc1-c1ccccc1)C1CCCCC1. The lowest BCUT2D eigenvalue weighted by atomic mass is 9.81. The standard InChI is InChI=1S/C56H70F3N9O7S/c1-35(60-2)50(71)64-49(40-18-9-6-10-19-40)54(74)68-29-12-20-44(68)52(73)66-53-48(39-16-7-5-8-17-39)65-55(76-53)63-46(69)21-13-28-67(3)47(70)31-37-14-11-15-38(30-37)33-62-51(72)43-32-41(45(75-4)34-61-43)25-22-36-23-26-42(27-24-36)56(57,58)59/h5,7-8,11,14-17,22,25,30,32,34-36,40,42,44,49,60H,6,9-10,12-13,18-21,23-24,26-29,31,33H2,1-4H3,(H,62,72)(H,64,71)(H,66,73)(H,63,65,69)/b25-22+/t35?,36-,42-,44-,49?/m0/s1. The number of likely N-dealkylation sites (tertiary alicyclic amines) is 1. The lowest BCUT2D eigenvalue weighted by molar-refractivity contribution is -0.183. The maximum Gasteiger partial charge on any atom is 0.391 e. The molecule has 16 nitrogen and oxygen atoms in total. The summed E-state index contributed by atoms with van der Waals surface area (Å²) in [7, 11) is 4.84. The lowest BCUT2D eigenvalue weighted by Gasteiger charge is -2.35. The topological polar surface area (TPSA) is 204 Å². The number of allylic oxidation sites excluding steroid dienone is 1. The third-order valence-corrected chi connectivity index (χ3v) is 15.6. The Balaban J connectivity index is 0.893. The Morgan fingerprint density at radius 1 is 0.908 bits per heavy atom. The summed E-state index contributed by atoms with van der Waals surface area (Å²) in [5.74, 6) is -2.66. The minimum Gasteiger partial charge on any atom is -0.495 e. The van der Waals surface area contributed by atoms with Gasteiger partial charge in [0.15, 0.2) is 5.13 Å². The number of carbonyl (C=O) groups is 6. The first kappa shape index (κ1) is 57.0. The van der Waals surface area contributed by atoms with Crippen LogP contribution in [0.3, 0.4) is 0 Å². The first-order chi connectivity index (χ1) is 36.5. The second kappa shape index (κ2) is 26.9. The van der Waals surface area contributed by atoms with E-state index >= 15 is 0 Å². The van der Waals surface area contributed by atoms with Crippen LogP contribution in [0.2, 0.25) is 0 Å². The number of pyridine rings is 1. The van der Waals surface area contributed by atoms with Crippen molar-refractivity contribution in [3.8, 4) is 17.0 Å². The Labute approximate surface area is 446 Å². The molecule has 6 amide bonds. The van der Waals surface area contributed by atoms with Gasteiger partial charge in [0, 0.05) is 44.2 Å². The fourth-order valence-electron chi connectivity index (χ4n) is 10.2. The first-order valence-electron chi connectivity index (χ1n) is 26.3. The van der Waals surface area contributed by atoms with Gasteiger partial charge in [0.25, 0.3) is 5.91 Å². The fourth-order valence-corrected chi connectivity index (χ4v) is 11.1. The number of halogens is 3. The molecule has 3 aliphatic rings. The van der Waals surface area contributed by atoms with Gasteiger partial charge in [-0.15, -0.1) is 0 Å². The Morgan fingerprint density at radius 2 is 1.64 bits per heavy atom. The fraction of sp³-hybridized carbons (Fsp3) is 0.500. The predicted molar refractivity (Wildman–Crippen MR) is 286 cm³/mol. The minimum atomic E-state index is -4.18. The van der Waals surface area contributed by atoms with Gasteiger partial charge in [-0.2, -0.15) is 13.2 Å². The number of hydrogen-bond donors (Lipinski definition) is 5. The van der Waals surface area contributed by atoms with Crippen LogP contribution in [-0.2, 0) is 36.9 Å². The number of rotatable bonds is 21. The summed E-state index contributed by atoms with van der Waals surface area (Å²) < 4.78 is 44.9. The van der Waals surface area contributed by atoms with Crippen LogP contribution in [0, 0.1) is 17.8 Å². The van der Waals surface area contributed by atoms with Crippen molar-refractivity contribution in [3.63, 3.8) is 0 Å². The molecule has 3 atom stereocenters. The van der Waals surface area contributed by atoms with Gasteiger partial charge in [0.2, 0.25) is 29.5 Å². The highest BCUT2D eigenvalue weighted by atomic mass is 32.1. The molecule has 1 aliphatic heterocycles. The molecule has 0 radical (unpaired) electrons. The molecule has 408 valence electrons. The van der Waals surface area contributed by atoms with Crippen LogP contribution in [0.5, 0.6) is 5.75 Å². The van der Waals surface area contributed by atoms with Gasteiger partial charge < -0.3 is 41.1 Å². The molecule has 2 aliphatic carbocycles. The number of nitrogens with one attached hydrogen (secondary N) is 5.